The second-order valence-electron chi connectivity index (χ2n) is 6.13. The molecule has 2 aliphatic rings. The second-order valence-corrected chi connectivity index (χ2v) is 8.00. The molecule has 0 unspecified atom stereocenters. The minimum Gasteiger partial charge on any atom is -0.447 e. The van der Waals surface area contributed by atoms with Crippen LogP contribution in [0.1, 0.15) is 44.8 Å². The first-order valence-corrected chi connectivity index (χ1v) is 9.36. The molecule has 2 fully saturated rings. The van der Waals surface area contributed by atoms with Gasteiger partial charge in [0.05, 0.1) is 6.54 Å². The molecule has 5 nitrogen and oxygen atoms in total. The van der Waals surface area contributed by atoms with Gasteiger partial charge in [-0.25, -0.2) is 8.42 Å². The van der Waals surface area contributed by atoms with Crippen molar-refractivity contribution in [3.63, 3.8) is 0 Å². The molecule has 6 heteroatoms. The van der Waals surface area contributed by atoms with Crippen molar-refractivity contribution >= 4 is 10.0 Å². The summed E-state index contributed by atoms with van der Waals surface area (Å²) in [7, 11) is -3.49. The van der Waals surface area contributed by atoms with Crippen molar-refractivity contribution in [2.24, 2.45) is 5.92 Å². The number of nitrogens with one attached hydrogen (secondary N) is 1. The van der Waals surface area contributed by atoms with Crippen LogP contribution in [0.25, 0.3) is 0 Å². The quantitative estimate of drug-likeness (QED) is 0.800. The molecule has 2 saturated carbocycles. The summed E-state index contributed by atoms with van der Waals surface area (Å²) in [5.41, 5.74) is 0. The average Bonchev–Trinajstić information content (AvgIpc) is 3.11. The Morgan fingerprint density at radius 3 is 2.62 bits per heavy atom. The summed E-state index contributed by atoms with van der Waals surface area (Å²) in [5, 5.41) is 3.41. The van der Waals surface area contributed by atoms with Gasteiger partial charge in [0.25, 0.3) is 10.0 Å². The zero-order chi connectivity index (χ0) is 14.9. The van der Waals surface area contributed by atoms with Crippen LogP contribution >= 0.6 is 0 Å². The lowest BCUT2D eigenvalue weighted by atomic mass is 9.85. The zero-order valence-corrected chi connectivity index (χ0v) is 13.4. The topological polar surface area (TPSA) is 62.6 Å². The highest BCUT2D eigenvalue weighted by Crippen LogP contribution is 2.29. The van der Waals surface area contributed by atoms with Gasteiger partial charge in [0.1, 0.15) is 5.76 Å². The van der Waals surface area contributed by atoms with Crippen molar-refractivity contribution in [3.05, 3.63) is 17.9 Å². The van der Waals surface area contributed by atoms with Gasteiger partial charge >= 0.3 is 0 Å². The SMILES string of the molecule is CCN(CC1CCC1)S(=O)(=O)c1ccc(CNC2CC2)o1. The van der Waals surface area contributed by atoms with E-state index in [2.05, 4.69) is 5.32 Å². The number of hydrogen-bond donors (Lipinski definition) is 1. The molecule has 1 N–H and O–H groups in total. The molecule has 0 atom stereocenters. The smallest absolute Gasteiger partial charge is 0.276 e. The molecule has 1 aromatic heterocycles. The van der Waals surface area contributed by atoms with Crippen LogP contribution in [0, 0.1) is 5.92 Å². The van der Waals surface area contributed by atoms with E-state index in [4.69, 9.17) is 4.42 Å². The molecular weight excluding hydrogens is 288 g/mol. The third-order valence-corrected chi connectivity index (χ3v) is 6.23. The first kappa shape index (κ1) is 15.1. The molecule has 1 heterocycles. The van der Waals surface area contributed by atoms with E-state index in [-0.39, 0.29) is 5.09 Å². The lowest BCUT2D eigenvalue weighted by Crippen LogP contribution is -2.37. The van der Waals surface area contributed by atoms with Crippen molar-refractivity contribution in [2.75, 3.05) is 13.1 Å². The van der Waals surface area contributed by atoms with Crippen LogP contribution in [0.5, 0.6) is 0 Å². The van der Waals surface area contributed by atoms with Crippen molar-refractivity contribution in [1.82, 2.24) is 9.62 Å². The highest BCUT2D eigenvalue weighted by molar-refractivity contribution is 7.89. The van der Waals surface area contributed by atoms with Crippen LogP contribution < -0.4 is 5.32 Å². The molecular formula is C15H24N2O3S. The van der Waals surface area contributed by atoms with E-state index in [1.54, 1.807) is 16.4 Å². The molecule has 0 bridgehead atoms. The lowest BCUT2D eigenvalue weighted by molar-refractivity contribution is 0.246. The van der Waals surface area contributed by atoms with Crippen molar-refractivity contribution in [2.45, 2.75) is 56.7 Å². The molecule has 0 amide bonds. The monoisotopic (exact) mass is 312 g/mol. The fourth-order valence-electron chi connectivity index (χ4n) is 2.61. The van der Waals surface area contributed by atoms with E-state index >= 15 is 0 Å². The Labute approximate surface area is 126 Å². The summed E-state index contributed by atoms with van der Waals surface area (Å²) in [6, 6.07) is 3.93. The van der Waals surface area contributed by atoms with Gasteiger partial charge in [-0.15, -0.1) is 0 Å². The summed E-state index contributed by atoms with van der Waals surface area (Å²) in [6.07, 6.45) is 5.91. The first-order valence-electron chi connectivity index (χ1n) is 7.92. The normalized spacial score (nSPS) is 19.9. The Hall–Kier alpha value is -0.850. The largest absolute Gasteiger partial charge is 0.447 e. The fraction of sp³-hybridized carbons (Fsp3) is 0.733. The van der Waals surface area contributed by atoms with E-state index in [9.17, 15) is 8.42 Å². The Morgan fingerprint density at radius 1 is 1.29 bits per heavy atom. The molecule has 0 spiro atoms. The molecule has 0 radical (unpaired) electrons. The van der Waals surface area contributed by atoms with Gasteiger partial charge in [-0.3, -0.25) is 0 Å². The minimum absolute atomic E-state index is 0.0799. The van der Waals surface area contributed by atoms with E-state index in [0.717, 1.165) is 12.8 Å². The number of hydrogen-bond acceptors (Lipinski definition) is 4. The van der Waals surface area contributed by atoms with Gasteiger partial charge < -0.3 is 9.73 Å². The van der Waals surface area contributed by atoms with Crippen LogP contribution in [-0.4, -0.2) is 31.9 Å². The molecule has 21 heavy (non-hydrogen) atoms. The third kappa shape index (κ3) is 3.49. The van der Waals surface area contributed by atoms with E-state index < -0.39 is 10.0 Å². The van der Waals surface area contributed by atoms with Crippen molar-refractivity contribution in [1.29, 1.82) is 0 Å². The molecule has 3 rings (SSSR count). The number of furan rings is 1. The van der Waals surface area contributed by atoms with Gasteiger partial charge in [0.2, 0.25) is 5.09 Å². The molecule has 0 aromatic carbocycles. The summed E-state index contributed by atoms with van der Waals surface area (Å²) in [5.74, 6) is 1.21. The van der Waals surface area contributed by atoms with E-state index in [1.807, 2.05) is 6.92 Å². The van der Waals surface area contributed by atoms with Gasteiger partial charge in [0, 0.05) is 19.1 Å². The van der Waals surface area contributed by atoms with Crippen LogP contribution in [-0.2, 0) is 16.6 Å². The number of nitrogens with zero attached hydrogens (tertiary/aromatic N) is 1. The number of rotatable bonds is 8. The van der Waals surface area contributed by atoms with Crippen LogP contribution in [0.3, 0.4) is 0 Å². The Kier molecular flexibility index (Phi) is 4.38. The summed E-state index contributed by atoms with van der Waals surface area (Å²) < 4.78 is 32.3. The molecule has 118 valence electrons. The van der Waals surface area contributed by atoms with Crippen LogP contribution in [0.15, 0.2) is 21.6 Å². The van der Waals surface area contributed by atoms with Gasteiger partial charge in [-0.1, -0.05) is 13.3 Å². The first-order chi connectivity index (χ1) is 10.1. The molecule has 0 aliphatic heterocycles. The zero-order valence-electron chi connectivity index (χ0n) is 12.5. The number of sulfonamides is 1. The summed E-state index contributed by atoms with van der Waals surface area (Å²) >= 11 is 0. The average molecular weight is 312 g/mol. The standard InChI is InChI=1S/C15H24N2O3S/c1-2-17(11-12-4-3-5-12)21(18,19)15-9-8-14(20-15)10-16-13-6-7-13/h8-9,12-13,16H,2-7,10-11H2,1H3. The van der Waals surface area contributed by atoms with Gasteiger partial charge in [0.15, 0.2) is 0 Å². The minimum atomic E-state index is -3.49. The third-order valence-electron chi connectivity index (χ3n) is 4.41. The van der Waals surface area contributed by atoms with E-state index in [1.165, 1.54) is 19.3 Å². The van der Waals surface area contributed by atoms with Gasteiger partial charge in [-0.05, 0) is 43.7 Å². The fourth-order valence-corrected chi connectivity index (χ4v) is 4.07. The Bertz CT molecular complexity index is 573. The highest BCUT2D eigenvalue weighted by atomic mass is 32.2. The Morgan fingerprint density at radius 2 is 2.05 bits per heavy atom. The van der Waals surface area contributed by atoms with Gasteiger partial charge in [-0.2, -0.15) is 4.31 Å². The van der Waals surface area contributed by atoms with Crippen molar-refractivity contribution in [3.8, 4) is 0 Å². The van der Waals surface area contributed by atoms with E-state index in [0.29, 0.717) is 37.4 Å². The summed E-state index contributed by atoms with van der Waals surface area (Å²) in [4.78, 5) is 0. The predicted octanol–water partition coefficient (Wildman–Crippen LogP) is 2.34. The molecule has 0 saturated heterocycles. The second kappa shape index (κ2) is 6.10. The maximum Gasteiger partial charge on any atom is 0.276 e. The maximum absolute atomic E-state index is 12.6. The highest BCUT2D eigenvalue weighted by Gasteiger charge is 2.30. The Balaban J connectivity index is 1.66. The molecule has 2 aliphatic carbocycles. The summed E-state index contributed by atoms with van der Waals surface area (Å²) in [6.45, 7) is 3.61. The van der Waals surface area contributed by atoms with Crippen molar-refractivity contribution < 1.29 is 12.8 Å². The molecule has 1 aromatic rings. The lowest BCUT2D eigenvalue weighted by Gasteiger charge is -2.30. The van der Waals surface area contributed by atoms with Crippen LogP contribution in [0.2, 0.25) is 0 Å². The maximum atomic E-state index is 12.6. The van der Waals surface area contributed by atoms with Crippen LogP contribution in [0.4, 0.5) is 0 Å². The predicted molar refractivity (Wildman–Crippen MR) is 80.3 cm³/mol.